The Balaban J connectivity index is 0.000000131. The van der Waals surface area contributed by atoms with Gasteiger partial charge in [-0.3, -0.25) is 0 Å². The summed E-state index contributed by atoms with van der Waals surface area (Å²) < 4.78 is 1.95. The number of rotatable bonds is 0. The van der Waals surface area contributed by atoms with Crippen molar-refractivity contribution >= 4 is 33.4 Å². The normalized spacial score (nSPS) is 10.6. The third-order valence-corrected chi connectivity index (χ3v) is 3.60. The van der Waals surface area contributed by atoms with E-state index in [9.17, 15) is 0 Å². The van der Waals surface area contributed by atoms with Crippen LogP contribution in [-0.2, 0) is 7.05 Å². The molecule has 0 amide bonds. The van der Waals surface area contributed by atoms with Crippen LogP contribution >= 0.6 is 0 Å². The summed E-state index contributed by atoms with van der Waals surface area (Å²) in [6.07, 6.45) is 3.43. The number of imidazole rings is 2. The van der Waals surface area contributed by atoms with Gasteiger partial charge in [0.1, 0.15) is 5.52 Å². The maximum atomic E-state index is 5.70. The summed E-state index contributed by atoms with van der Waals surface area (Å²) in [5, 5.41) is 0. The van der Waals surface area contributed by atoms with E-state index in [2.05, 4.69) is 15.0 Å². The van der Waals surface area contributed by atoms with Gasteiger partial charge < -0.3 is 21.0 Å². The summed E-state index contributed by atoms with van der Waals surface area (Å²) in [5.74, 6) is 0. The molecule has 0 saturated heterocycles. The molecule has 0 aliphatic heterocycles. The summed E-state index contributed by atoms with van der Waals surface area (Å²) in [7, 11) is 1.95. The maximum absolute atomic E-state index is 5.70. The molecule has 6 nitrogen and oxygen atoms in total. The highest BCUT2D eigenvalue weighted by molar-refractivity contribution is 5.89. The lowest BCUT2D eigenvalue weighted by Crippen LogP contribution is -1.87. The van der Waals surface area contributed by atoms with E-state index in [1.165, 1.54) is 0 Å². The molecule has 112 valence electrons. The van der Waals surface area contributed by atoms with Crippen molar-refractivity contribution in [3.63, 3.8) is 0 Å². The lowest BCUT2D eigenvalue weighted by atomic mass is 10.2. The standard InChI is InChI=1S/2C8H9N3/c1-5-2-3-6(9)8-7(5)10-4-11-8;1-11-5-10-8-6(9)3-2-4-7(8)11/h2-4H,9H2,1H3,(H,10,11);2-5H,9H2,1H3. The Kier molecular flexibility index (Phi) is 3.42. The molecule has 2 heterocycles. The van der Waals surface area contributed by atoms with E-state index in [1.807, 2.05) is 48.9 Å². The third-order valence-electron chi connectivity index (χ3n) is 3.60. The zero-order valence-corrected chi connectivity index (χ0v) is 12.5. The van der Waals surface area contributed by atoms with E-state index >= 15 is 0 Å². The van der Waals surface area contributed by atoms with Gasteiger partial charge in [0.15, 0.2) is 0 Å². The zero-order valence-electron chi connectivity index (χ0n) is 12.5. The van der Waals surface area contributed by atoms with Crippen LogP contribution in [0.25, 0.3) is 22.1 Å². The molecule has 2 aromatic heterocycles. The maximum Gasteiger partial charge on any atom is 0.111 e. The number of para-hydroxylation sites is 1. The predicted molar refractivity (Wildman–Crippen MR) is 90.4 cm³/mol. The SMILES string of the molecule is Cc1ccc(N)c2[nH]cnc12.Cn1cnc2c(N)cccc21. The summed E-state index contributed by atoms with van der Waals surface area (Å²) in [6, 6.07) is 9.64. The zero-order chi connectivity index (χ0) is 15.7. The van der Waals surface area contributed by atoms with Gasteiger partial charge in [0.2, 0.25) is 0 Å². The number of benzene rings is 2. The average molecular weight is 294 g/mol. The number of anilines is 2. The average Bonchev–Trinajstić information content (AvgIpc) is 3.13. The highest BCUT2D eigenvalue weighted by Gasteiger charge is 2.01. The van der Waals surface area contributed by atoms with Crippen molar-refractivity contribution in [1.82, 2.24) is 19.5 Å². The van der Waals surface area contributed by atoms with E-state index in [1.54, 1.807) is 12.7 Å². The molecule has 4 aromatic rings. The Bertz CT molecular complexity index is 886. The number of aromatic amines is 1. The highest BCUT2D eigenvalue weighted by Crippen LogP contribution is 2.19. The molecular formula is C16H18N6. The summed E-state index contributed by atoms with van der Waals surface area (Å²) >= 11 is 0. The largest absolute Gasteiger partial charge is 0.397 e. The van der Waals surface area contributed by atoms with E-state index in [0.717, 1.165) is 39.0 Å². The van der Waals surface area contributed by atoms with Gasteiger partial charge >= 0.3 is 0 Å². The van der Waals surface area contributed by atoms with Crippen molar-refractivity contribution in [1.29, 1.82) is 0 Å². The Morgan fingerprint density at radius 3 is 2.55 bits per heavy atom. The molecule has 5 N–H and O–H groups in total. The van der Waals surface area contributed by atoms with Crippen molar-refractivity contribution in [3.8, 4) is 0 Å². The van der Waals surface area contributed by atoms with E-state index in [0.29, 0.717) is 0 Å². The number of nitrogens with two attached hydrogens (primary N) is 2. The second kappa shape index (κ2) is 5.40. The van der Waals surface area contributed by atoms with Gasteiger partial charge in [0.05, 0.1) is 40.6 Å². The Hall–Kier alpha value is -3.02. The van der Waals surface area contributed by atoms with Gasteiger partial charge in [-0.05, 0) is 30.7 Å². The van der Waals surface area contributed by atoms with E-state index in [4.69, 9.17) is 11.5 Å². The van der Waals surface area contributed by atoms with Gasteiger partial charge in [0.25, 0.3) is 0 Å². The molecule has 0 aliphatic carbocycles. The Morgan fingerprint density at radius 1 is 1.00 bits per heavy atom. The van der Waals surface area contributed by atoms with Gasteiger partial charge in [0, 0.05) is 7.05 Å². The van der Waals surface area contributed by atoms with Crippen LogP contribution in [0.3, 0.4) is 0 Å². The number of nitrogens with zero attached hydrogens (tertiary/aromatic N) is 3. The topological polar surface area (TPSA) is 98.5 Å². The first kappa shape index (κ1) is 13.9. The fraction of sp³-hybridized carbons (Fsp3) is 0.125. The molecule has 0 spiro atoms. The second-order valence-electron chi connectivity index (χ2n) is 5.17. The number of fused-ring (bicyclic) bond motifs is 2. The van der Waals surface area contributed by atoms with Crippen molar-refractivity contribution in [2.45, 2.75) is 6.92 Å². The number of aryl methyl sites for hydroxylation is 2. The first-order valence-electron chi connectivity index (χ1n) is 6.91. The van der Waals surface area contributed by atoms with Gasteiger partial charge in [-0.2, -0.15) is 0 Å². The molecule has 0 aliphatic rings. The lowest BCUT2D eigenvalue weighted by Gasteiger charge is -1.96. The number of nitrogens with one attached hydrogen (secondary N) is 1. The van der Waals surface area contributed by atoms with Crippen molar-refractivity contribution in [2.75, 3.05) is 11.5 Å². The predicted octanol–water partition coefficient (Wildman–Crippen LogP) is 2.61. The van der Waals surface area contributed by atoms with Crippen LogP contribution in [0.5, 0.6) is 0 Å². The molecule has 4 rings (SSSR count). The van der Waals surface area contributed by atoms with Crippen LogP contribution in [0, 0.1) is 6.92 Å². The molecule has 0 fully saturated rings. The summed E-state index contributed by atoms with van der Waals surface area (Å²) in [5.41, 5.74) is 17.9. The summed E-state index contributed by atoms with van der Waals surface area (Å²) in [4.78, 5) is 11.3. The molecule has 0 bridgehead atoms. The molecule has 22 heavy (non-hydrogen) atoms. The van der Waals surface area contributed by atoms with Gasteiger partial charge in [-0.1, -0.05) is 12.1 Å². The molecular weight excluding hydrogens is 276 g/mol. The third kappa shape index (κ3) is 2.35. The van der Waals surface area contributed by atoms with Crippen LogP contribution in [0.4, 0.5) is 11.4 Å². The van der Waals surface area contributed by atoms with Crippen molar-refractivity contribution in [2.24, 2.45) is 7.05 Å². The number of nitrogen functional groups attached to an aromatic ring is 2. The number of hydrogen-bond donors (Lipinski definition) is 3. The smallest absolute Gasteiger partial charge is 0.111 e. The fourth-order valence-electron chi connectivity index (χ4n) is 2.37. The van der Waals surface area contributed by atoms with Crippen LogP contribution < -0.4 is 11.5 Å². The minimum absolute atomic E-state index is 0.739. The molecule has 0 unspecified atom stereocenters. The fourth-order valence-corrected chi connectivity index (χ4v) is 2.37. The van der Waals surface area contributed by atoms with Crippen LogP contribution in [0.1, 0.15) is 5.56 Å². The minimum Gasteiger partial charge on any atom is -0.397 e. The monoisotopic (exact) mass is 294 g/mol. The highest BCUT2D eigenvalue weighted by atomic mass is 15.0. The minimum atomic E-state index is 0.739. The Labute approximate surface area is 127 Å². The first-order valence-corrected chi connectivity index (χ1v) is 6.91. The second-order valence-corrected chi connectivity index (χ2v) is 5.17. The van der Waals surface area contributed by atoms with Crippen LogP contribution in [-0.4, -0.2) is 19.5 Å². The molecule has 2 aromatic carbocycles. The number of hydrogen-bond acceptors (Lipinski definition) is 4. The van der Waals surface area contributed by atoms with Crippen LogP contribution in [0.15, 0.2) is 43.0 Å². The van der Waals surface area contributed by atoms with Gasteiger partial charge in [-0.15, -0.1) is 0 Å². The van der Waals surface area contributed by atoms with E-state index in [-0.39, 0.29) is 0 Å². The summed E-state index contributed by atoms with van der Waals surface area (Å²) in [6.45, 7) is 2.02. The number of H-pyrrole nitrogens is 1. The van der Waals surface area contributed by atoms with E-state index < -0.39 is 0 Å². The van der Waals surface area contributed by atoms with Crippen molar-refractivity contribution in [3.05, 3.63) is 48.5 Å². The quantitative estimate of drug-likeness (QED) is 0.434. The van der Waals surface area contributed by atoms with Gasteiger partial charge in [-0.25, -0.2) is 9.97 Å². The van der Waals surface area contributed by atoms with Crippen molar-refractivity contribution < 1.29 is 0 Å². The first-order chi connectivity index (χ1) is 10.6. The molecule has 0 saturated carbocycles. The number of aromatic nitrogens is 4. The molecule has 0 atom stereocenters. The lowest BCUT2D eigenvalue weighted by molar-refractivity contribution is 0.948. The molecule has 0 radical (unpaired) electrons. The van der Waals surface area contributed by atoms with Crippen LogP contribution in [0.2, 0.25) is 0 Å². The molecule has 6 heteroatoms. The Morgan fingerprint density at radius 2 is 1.82 bits per heavy atom.